The Labute approximate surface area is 139 Å². The van der Waals surface area contributed by atoms with Crippen molar-refractivity contribution in [2.75, 3.05) is 4.90 Å². The Morgan fingerprint density at radius 1 is 0.913 bits per heavy atom. The zero-order chi connectivity index (χ0) is 16.4. The third kappa shape index (κ3) is 3.31. The summed E-state index contributed by atoms with van der Waals surface area (Å²) in [6, 6.07) is 17.2. The first-order valence-corrected chi connectivity index (χ1v) is 8.51. The summed E-state index contributed by atoms with van der Waals surface area (Å²) in [5.74, 6) is 0.465. The van der Waals surface area contributed by atoms with Gasteiger partial charge in [0.15, 0.2) is 0 Å². The van der Waals surface area contributed by atoms with E-state index >= 15 is 0 Å². The van der Waals surface area contributed by atoms with Crippen LogP contribution in [0.1, 0.15) is 36.5 Å². The molecule has 0 aliphatic carbocycles. The van der Waals surface area contributed by atoms with E-state index in [1.165, 1.54) is 16.7 Å². The van der Waals surface area contributed by atoms with Crippen molar-refractivity contribution in [3.8, 4) is 0 Å². The summed E-state index contributed by atoms with van der Waals surface area (Å²) in [5, 5.41) is 0. The van der Waals surface area contributed by atoms with Crippen molar-refractivity contribution in [2.45, 2.75) is 46.1 Å². The molecule has 3 rings (SSSR count). The van der Waals surface area contributed by atoms with Gasteiger partial charge in [0.2, 0.25) is 5.91 Å². The molecule has 1 amide bonds. The number of amides is 1. The van der Waals surface area contributed by atoms with E-state index in [1.807, 2.05) is 17.0 Å². The number of aryl methyl sites for hydroxylation is 3. The number of hydrogen-bond acceptors (Lipinski definition) is 1. The number of benzene rings is 2. The smallest absolute Gasteiger partial charge is 0.232 e. The standard InChI is InChI=1S/C21H25NO/c1-15-7-11-18(12-8-15)5-4-6-20-17(3)22(21(20)23)19-13-9-16(2)10-14-19/h7-14,17,20H,4-6H2,1-3H3/t17?,20-/m1/s1. The largest absolute Gasteiger partial charge is 0.309 e. The highest BCUT2D eigenvalue weighted by Crippen LogP contribution is 2.35. The van der Waals surface area contributed by atoms with E-state index in [1.54, 1.807) is 0 Å². The second kappa shape index (κ2) is 6.57. The molecule has 1 aliphatic rings. The number of carbonyl (C=O) groups excluding carboxylic acids is 1. The van der Waals surface area contributed by atoms with E-state index in [0.717, 1.165) is 24.9 Å². The van der Waals surface area contributed by atoms with Gasteiger partial charge in [0.25, 0.3) is 0 Å². The van der Waals surface area contributed by atoms with Crippen molar-refractivity contribution < 1.29 is 4.79 Å². The molecule has 0 spiro atoms. The Morgan fingerprint density at radius 3 is 2.04 bits per heavy atom. The first-order chi connectivity index (χ1) is 11.1. The molecule has 23 heavy (non-hydrogen) atoms. The maximum Gasteiger partial charge on any atom is 0.232 e. The van der Waals surface area contributed by atoms with Gasteiger partial charge in [0.1, 0.15) is 0 Å². The zero-order valence-electron chi connectivity index (χ0n) is 14.3. The molecular weight excluding hydrogens is 282 g/mol. The fraction of sp³-hybridized carbons (Fsp3) is 0.381. The number of carbonyl (C=O) groups is 1. The third-order valence-corrected chi connectivity index (χ3v) is 4.96. The van der Waals surface area contributed by atoms with Gasteiger partial charge in [-0.2, -0.15) is 0 Å². The summed E-state index contributed by atoms with van der Waals surface area (Å²) in [5.41, 5.74) is 4.92. The van der Waals surface area contributed by atoms with Crippen LogP contribution in [-0.2, 0) is 11.2 Å². The average molecular weight is 307 g/mol. The Morgan fingerprint density at radius 2 is 1.48 bits per heavy atom. The lowest BCUT2D eigenvalue weighted by molar-refractivity contribution is -0.130. The molecule has 0 radical (unpaired) electrons. The van der Waals surface area contributed by atoms with Gasteiger partial charge in [-0.3, -0.25) is 4.79 Å². The van der Waals surface area contributed by atoms with Crippen LogP contribution in [0.4, 0.5) is 5.69 Å². The molecule has 2 nitrogen and oxygen atoms in total. The normalized spacial score (nSPS) is 20.5. The quantitative estimate of drug-likeness (QED) is 0.735. The number of anilines is 1. The first kappa shape index (κ1) is 15.8. The van der Waals surface area contributed by atoms with Gasteiger partial charge < -0.3 is 4.90 Å². The lowest BCUT2D eigenvalue weighted by atomic mass is 9.83. The molecule has 1 heterocycles. The summed E-state index contributed by atoms with van der Waals surface area (Å²) in [4.78, 5) is 14.4. The van der Waals surface area contributed by atoms with E-state index in [9.17, 15) is 4.79 Å². The van der Waals surface area contributed by atoms with Gasteiger partial charge in [-0.05, 0) is 57.7 Å². The molecular formula is C21H25NO. The molecule has 1 aliphatic heterocycles. The van der Waals surface area contributed by atoms with Crippen molar-refractivity contribution in [3.05, 3.63) is 65.2 Å². The van der Waals surface area contributed by atoms with Crippen LogP contribution in [-0.4, -0.2) is 11.9 Å². The molecule has 120 valence electrons. The van der Waals surface area contributed by atoms with Gasteiger partial charge in [-0.1, -0.05) is 47.5 Å². The Hall–Kier alpha value is -2.09. The number of nitrogens with zero attached hydrogens (tertiary/aromatic N) is 1. The van der Waals surface area contributed by atoms with Crippen molar-refractivity contribution >= 4 is 11.6 Å². The Kier molecular flexibility index (Phi) is 4.51. The van der Waals surface area contributed by atoms with E-state index in [-0.39, 0.29) is 11.8 Å². The predicted octanol–water partition coefficient (Wildman–Crippen LogP) is 4.68. The summed E-state index contributed by atoms with van der Waals surface area (Å²) < 4.78 is 0. The molecule has 1 unspecified atom stereocenters. The van der Waals surface area contributed by atoms with Crippen LogP contribution in [0.3, 0.4) is 0 Å². The summed E-state index contributed by atoms with van der Waals surface area (Å²) in [7, 11) is 0. The molecule has 0 bridgehead atoms. The topological polar surface area (TPSA) is 20.3 Å². The first-order valence-electron chi connectivity index (χ1n) is 8.51. The van der Waals surface area contributed by atoms with E-state index in [2.05, 4.69) is 57.2 Å². The highest BCUT2D eigenvalue weighted by molar-refractivity contribution is 6.02. The van der Waals surface area contributed by atoms with Gasteiger partial charge in [0.05, 0.1) is 5.92 Å². The summed E-state index contributed by atoms with van der Waals surface area (Å²) in [6.45, 7) is 6.34. The Balaban J connectivity index is 1.53. The van der Waals surface area contributed by atoms with Gasteiger partial charge in [0, 0.05) is 11.7 Å². The minimum absolute atomic E-state index is 0.182. The molecule has 1 fully saturated rings. The molecule has 0 aromatic heterocycles. The minimum Gasteiger partial charge on any atom is -0.309 e. The monoisotopic (exact) mass is 307 g/mol. The van der Waals surface area contributed by atoms with Crippen LogP contribution in [0.2, 0.25) is 0 Å². The van der Waals surface area contributed by atoms with E-state index in [4.69, 9.17) is 0 Å². The molecule has 2 heteroatoms. The molecule has 0 N–H and O–H groups in total. The lowest BCUT2D eigenvalue weighted by Gasteiger charge is -2.45. The van der Waals surface area contributed by atoms with Crippen LogP contribution < -0.4 is 4.90 Å². The van der Waals surface area contributed by atoms with E-state index in [0.29, 0.717) is 6.04 Å². The maximum atomic E-state index is 12.5. The van der Waals surface area contributed by atoms with Crippen molar-refractivity contribution in [1.29, 1.82) is 0 Å². The lowest BCUT2D eigenvalue weighted by Crippen LogP contribution is -2.59. The average Bonchev–Trinajstić information content (AvgIpc) is 2.55. The maximum absolute atomic E-state index is 12.5. The van der Waals surface area contributed by atoms with Gasteiger partial charge >= 0.3 is 0 Å². The Bertz CT molecular complexity index is 672. The fourth-order valence-corrected chi connectivity index (χ4v) is 3.40. The van der Waals surface area contributed by atoms with Crippen molar-refractivity contribution in [3.63, 3.8) is 0 Å². The molecule has 2 aromatic rings. The summed E-state index contributed by atoms with van der Waals surface area (Å²) >= 11 is 0. The van der Waals surface area contributed by atoms with Crippen LogP contribution in [0, 0.1) is 19.8 Å². The summed E-state index contributed by atoms with van der Waals surface area (Å²) in [6.07, 6.45) is 3.11. The number of hydrogen-bond donors (Lipinski definition) is 0. The van der Waals surface area contributed by atoms with Crippen molar-refractivity contribution in [1.82, 2.24) is 0 Å². The van der Waals surface area contributed by atoms with Crippen LogP contribution >= 0.6 is 0 Å². The highest BCUT2D eigenvalue weighted by Gasteiger charge is 2.44. The molecule has 0 saturated carbocycles. The van der Waals surface area contributed by atoms with Gasteiger partial charge in [-0.25, -0.2) is 0 Å². The second-order valence-electron chi connectivity index (χ2n) is 6.77. The SMILES string of the molecule is Cc1ccc(CCC[C@H]2C(=O)N(c3ccc(C)cc3)C2C)cc1. The van der Waals surface area contributed by atoms with Gasteiger partial charge in [-0.15, -0.1) is 0 Å². The number of rotatable bonds is 5. The molecule has 2 aromatic carbocycles. The minimum atomic E-state index is 0.182. The van der Waals surface area contributed by atoms with Crippen molar-refractivity contribution in [2.24, 2.45) is 5.92 Å². The number of β-lactam (4-membered cyclic amide) rings is 1. The van der Waals surface area contributed by atoms with E-state index < -0.39 is 0 Å². The zero-order valence-corrected chi connectivity index (χ0v) is 14.3. The fourth-order valence-electron chi connectivity index (χ4n) is 3.40. The highest BCUT2D eigenvalue weighted by atomic mass is 16.2. The molecule has 1 saturated heterocycles. The second-order valence-corrected chi connectivity index (χ2v) is 6.77. The third-order valence-electron chi connectivity index (χ3n) is 4.96. The molecule has 2 atom stereocenters. The van der Waals surface area contributed by atoms with Crippen LogP contribution in [0.5, 0.6) is 0 Å². The van der Waals surface area contributed by atoms with Crippen LogP contribution in [0.25, 0.3) is 0 Å². The van der Waals surface area contributed by atoms with Crippen LogP contribution in [0.15, 0.2) is 48.5 Å². The predicted molar refractivity (Wildman–Crippen MR) is 95.7 cm³/mol.